The summed E-state index contributed by atoms with van der Waals surface area (Å²) in [4.78, 5) is 0. The molecule has 3 heteroatoms. The van der Waals surface area contributed by atoms with E-state index in [2.05, 4.69) is 103 Å². The maximum atomic E-state index is 6.09. The van der Waals surface area contributed by atoms with Crippen LogP contribution in [-0.2, 0) is 4.74 Å². The minimum absolute atomic E-state index is 0.0635. The lowest BCUT2D eigenvalue weighted by Crippen LogP contribution is -2.13. The van der Waals surface area contributed by atoms with Crippen LogP contribution in [0.4, 0.5) is 0 Å². The lowest BCUT2D eigenvalue weighted by molar-refractivity contribution is 0.255. The lowest BCUT2D eigenvalue weighted by Gasteiger charge is -2.26. The molecule has 1 aliphatic carbocycles. The first kappa shape index (κ1) is 18.0. The molecule has 0 radical (unpaired) electrons. The molecule has 1 aliphatic heterocycles. The summed E-state index contributed by atoms with van der Waals surface area (Å²) < 4.78 is 6.09. The second kappa shape index (κ2) is 8.11. The van der Waals surface area contributed by atoms with Crippen LogP contribution >= 0.6 is 7.92 Å². The van der Waals surface area contributed by atoms with E-state index in [1.54, 1.807) is 0 Å². The fourth-order valence-corrected chi connectivity index (χ4v) is 6.18. The number of hydrogen-bond donors (Lipinski definition) is 0. The monoisotopic (exact) mass is 394 g/mol. The summed E-state index contributed by atoms with van der Waals surface area (Å²) in [6.07, 6.45) is 6.49. The fourth-order valence-electron chi connectivity index (χ4n) is 3.74. The van der Waals surface area contributed by atoms with Crippen LogP contribution in [0.1, 0.15) is 11.6 Å². The first-order valence-electron chi connectivity index (χ1n) is 9.82. The highest BCUT2D eigenvalue weighted by atomic mass is 31.1. The molecule has 0 bridgehead atoms. The van der Waals surface area contributed by atoms with Crippen molar-refractivity contribution in [1.29, 1.82) is 0 Å². The van der Waals surface area contributed by atoms with Gasteiger partial charge in [0.15, 0.2) is 0 Å². The third kappa shape index (κ3) is 3.64. The van der Waals surface area contributed by atoms with Gasteiger partial charge in [-0.05, 0) is 23.8 Å². The first-order chi connectivity index (χ1) is 14.4. The fraction of sp³-hybridized carbons (Fsp3) is 0.0769. The van der Waals surface area contributed by atoms with Gasteiger partial charge in [-0.15, -0.1) is 0 Å². The van der Waals surface area contributed by atoms with Crippen LogP contribution in [0.15, 0.2) is 126 Å². The molecule has 0 N–H and O–H groups in total. The Balaban J connectivity index is 1.52. The highest BCUT2D eigenvalue weighted by Crippen LogP contribution is 2.51. The molecule has 0 amide bonds. The van der Waals surface area contributed by atoms with E-state index in [0.717, 1.165) is 11.5 Å². The Hall–Kier alpha value is -3.09. The summed E-state index contributed by atoms with van der Waals surface area (Å²) in [7, 11) is -0.675. The van der Waals surface area contributed by atoms with E-state index in [0.29, 0.717) is 6.61 Å². The number of benzene rings is 3. The third-order valence-electron chi connectivity index (χ3n) is 5.13. The predicted octanol–water partition coefficient (Wildman–Crippen LogP) is 5.93. The van der Waals surface area contributed by atoms with E-state index in [1.165, 1.54) is 21.5 Å². The third-order valence-corrected chi connectivity index (χ3v) is 7.63. The van der Waals surface area contributed by atoms with E-state index in [1.807, 2.05) is 6.07 Å². The van der Waals surface area contributed by atoms with Gasteiger partial charge < -0.3 is 10.1 Å². The zero-order chi connectivity index (χ0) is 19.5. The molecule has 2 aliphatic rings. The van der Waals surface area contributed by atoms with Gasteiger partial charge in [0.1, 0.15) is 0 Å². The Bertz CT molecular complexity index is 1030. The minimum atomic E-state index is -0.675. The lowest BCUT2D eigenvalue weighted by atomic mass is 10.1. The molecular formula is C26H21NOP-. The Morgan fingerprint density at radius 1 is 0.759 bits per heavy atom. The second-order valence-electron chi connectivity index (χ2n) is 7.00. The zero-order valence-corrected chi connectivity index (χ0v) is 16.9. The number of allylic oxidation sites excluding steroid dienone is 5. The van der Waals surface area contributed by atoms with Gasteiger partial charge in [-0.1, -0.05) is 121 Å². The molecule has 1 heterocycles. The van der Waals surface area contributed by atoms with E-state index in [4.69, 9.17) is 10.1 Å². The van der Waals surface area contributed by atoms with Gasteiger partial charge in [-0.25, -0.2) is 0 Å². The molecule has 29 heavy (non-hydrogen) atoms. The topological polar surface area (TPSA) is 23.3 Å². The van der Waals surface area contributed by atoms with Crippen LogP contribution in [0.3, 0.4) is 0 Å². The Labute approximate surface area is 173 Å². The summed E-state index contributed by atoms with van der Waals surface area (Å²) in [5, 5.41) is 8.90. The summed E-state index contributed by atoms with van der Waals surface area (Å²) in [5.74, 6) is 0.762. The van der Waals surface area contributed by atoms with Gasteiger partial charge in [-0.2, -0.15) is 0 Å². The minimum Gasteiger partial charge on any atom is -0.644 e. The molecule has 0 spiro atoms. The van der Waals surface area contributed by atoms with Crippen molar-refractivity contribution in [2.45, 2.75) is 6.04 Å². The predicted molar refractivity (Wildman–Crippen MR) is 122 cm³/mol. The summed E-state index contributed by atoms with van der Waals surface area (Å²) in [6.45, 7) is 0.596. The van der Waals surface area contributed by atoms with Crippen LogP contribution < -0.4 is 10.6 Å². The maximum absolute atomic E-state index is 6.09. The summed E-state index contributed by atoms with van der Waals surface area (Å²) in [5.41, 5.74) is 2.31. The molecular weight excluding hydrogens is 373 g/mol. The Kier molecular flexibility index (Phi) is 5.02. The normalized spacial score (nSPS) is 20.4. The molecule has 5 rings (SSSR count). The molecule has 1 atom stereocenters. The van der Waals surface area contributed by atoms with Gasteiger partial charge >= 0.3 is 0 Å². The van der Waals surface area contributed by atoms with Crippen molar-refractivity contribution in [2.24, 2.45) is 0 Å². The summed E-state index contributed by atoms with van der Waals surface area (Å²) in [6, 6.07) is 31.9. The van der Waals surface area contributed by atoms with Crippen LogP contribution in [0, 0.1) is 0 Å². The molecule has 3 aromatic rings. The Morgan fingerprint density at radius 3 is 1.97 bits per heavy atom. The van der Waals surface area contributed by atoms with Crippen LogP contribution in [0.2, 0.25) is 0 Å². The molecule has 0 saturated carbocycles. The zero-order valence-electron chi connectivity index (χ0n) is 16.0. The highest BCUT2D eigenvalue weighted by Gasteiger charge is 2.25. The van der Waals surface area contributed by atoms with Gasteiger partial charge in [0.05, 0.1) is 6.61 Å². The molecule has 3 aromatic carbocycles. The van der Waals surface area contributed by atoms with E-state index < -0.39 is 7.92 Å². The SMILES string of the molecule is C1=C/C(=C2/[N-]C(c3ccccc3)CO2)C(P(c2ccccc2)c2ccccc2)=C1. The molecule has 1 unspecified atom stereocenters. The molecule has 0 aromatic heterocycles. The van der Waals surface area contributed by atoms with Crippen molar-refractivity contribution >= 4 is 18.5 Å². The van der Waals surface area contributed by atoms with E-state index >= 15 is 0 Å². The average Bonchev–Trinajstić information content (AvgIpc) is 3.46. The Morgan fingerprint density at radius 2 is 1.34 bits per heavy atom. The van der Waals surface area contributed by atoms with Crippen molar-refractivity contribution in [3.05, 3.63) is 137 Å². The molecule has 1 saturated heterocycles. The van der Waals surface area contributed by atoms with Crippen molar-refractivity contribution in [2.75, 3.05) is 6.61 Å². The van der Waals surface area contributed by atoms with Crippen molar-refractivity contribution < 1.29 is 4.74 Å². The van der Waals surface area contributed by atoms with Gasteiger partial charge in [0.2, 0.25) is 0 Å². The maximum Gasteiger partial charge on any atom is 0.0764 e. The van der Waals surface area contributed by atoms with Crippen LogP contribution in [0.5, 0.6) is 0 Å². The van der Waals surface area contributed by atoms with Crippen molar-refractivity contribution in [1.82, 2.24) is 0 Å². The largest absolute Gasteiger partial charge is 0.644 e. The first-order valence-corrected chi connectivity index (χ1v) is 11.2. The van der Waals surface area contributed by atoms with Gasteiger partial charge in [-0.3, -0.25) is 0 Å². The number of hydrogen-bond acceptors (Lipinski definition) is 1. The van der Waals surface area contributed by atoms with Crippen molar-refractivity contribution in [3.63, 3.8) is 0 Å². The molecule has 2 nitrogen and oxygen atoms in total. The average molecular weight is 394 g/mol. The molecule has 142 valence electrons. The summed E-state index contributed by atoms with van der Waals surface area (Å²) >= 11 is 0. The van der Waals surface area contributed by atoms with Gasteiger partial charge in [0.25, 0.3) is 0 Å². The van der Waals surface area contributed by atoms with Crippen LogP contribution in [-0.4, -0.2) is 6.61 Å². The smallest absolute Gasteiger partial charge is 0.0764 e. The highest BCUT2D eigenvalue weighted by molar-refractivity contribution is 7.77. The second-order valence-corrected chi connectivity index (χ2v) is 9.19. The number of nitrogens with zero attached hydrogens (tertiary/aromatic N) is 1. The number of rotatable bonds is 4. The molecule has 1 fully saturated rings. The quantitative estimate of drug-likeness (QED) is 0.503. The number of ether oxygens (including phenoxy) is 1. The van der Waals surface area contributed by atoms with Crippen LogP contribution in [0.25, 0.3) is 5.32 Å². The van der Waals surface area contributed by atoms with E-state index in [9.17, 15) is 0 Å². The van der Waals surface area contributed by atoms with Crippen molar-refractivity contribution in [3.8, 4) is 0 Å². The standard InChI is InChI=1S/C26H21NOP/c1-4-11-20(12-5-1)24-19-28-26(27-24)23-17-10-18-25(23)29(21-13-6-2-7-14-21)22-15-8-3-9-16-22/h1-18,24H,19H2/q-1/b26-23+. The van der Waals surface area contributed by atoms with E-state index in [-0.39, 0.29) is 6.04 Å². The van der Waals surface area contributed by atoms with Gasteiger partial charge in [0, 0.05) is 11.5 Å².